The Labute approximate surface area is 201 Å². The molecular weight excluding hydrogens is 467 g/mol. The molecule has 1 aliphatic carbocycles. The Morgan fingerprint density at radius 3 is 2.88 bits per heavy atom. The highest BCUT2D eigenvalue weighted by Gasteiger charge is 2.23. The number of pyridine rings is 3. The van der Waals surface area contributed by atoms with Gasteiger partial charge in [-0.2, -0.15) is 0 Å². The van der Waals surface area contributed by atoms with Gasteiger partial charge in [0.15, 0.2) is 17.3 Å². The second-order valence-electron chi connectivity index (χ2n) is 8.34. The van der Waals surface area contributed by atoms with Gasteiger partial charge in [0.2, 0.25) is 0 Å². The average molecular weight is 493 g/mol. The van der Waals surface area contributed by atoms with Crippen LogP contribution in [-0.4, -0.2) is 33.1 Å². The molecule has 176 valence electrons. The minimum Gasteiger partial charge on any atom is -0.488 e. The first kappa shape index (κ1) is 23.8. The number of aromatic nitrogens is 3. The molecule has 0 spiro atoms. The number of hydrogen-bond acceptors (Lipinski definition) is 7. The van der Waals surface area contributed by atoms with Crippen LogP contribution < -0.4 is 20.3 Å². The molecule has 0 saturated heterocycles. The Bertz CT molecular complexity index is 1200. The monoisotopic (exact) mass is 492 g/mol. The van der Waals surface area contributed by atoms with Crippen molar-refractivity contribution >= 4 is 35.2 Å². The van der Waals surface area contributed by atoms with E-state index in [2.05, 4.69) is 21.4 Å². The summed E-state index contributed by atoms with van der Waals surface area (Å²) in [5, 5.41) is 3.61. The molecule has 1 fully saturated rings. The molecule has 0 amide bonds. The molecule has 0 aromatic carbocycles. The summed E-state index contributed by atoms with van der Waals surface area (Å²) in [5.41, 5.74) is 1.75. The lowest BCUT2D eigenvalue weighted by molar-refractivity contribution is 0.187. The molecule has 5 rings (SSSR count). The number of aryl methyl sites for hydroxylation is 1. The van der Waals surface area contributed by atoms with Crippen molar-refractivity contribution < 1.29 is 13.9 Å². The largest absolute Gasteiger partial charge is 0.488 e. The number of nitrogens with one attached hydrogen (secondary N) is 1. The summed E-state index contributed by atoms with van der Waals surface area (Å²) in [7, 11) is 1.61. The minimum atomic E-state index is -0.542. The van der Waals surface area contributed by atoms with Crippen molar-refractivity contribution in [3.63, 3.8) is 0 Å². The van der Waals surface area contributed by atoms with Crippen molar-refractivity contribution in [3.8, 4) is 11.5 Å². The Morgan fingerprint density at radius 2 is 2.06 bits per heavy atom. The fraction of sp³-hybridized carbons (Fsp3) is 0.435. The molecule has 1 N–H and O–H groups in total. The van der Waals surface area contributed by atoms with Crippen LogP contribution in [0.4, 0.5) is 4.39 Å². The smallest absolute Gasteiger partial charge is 0.250 e. The van der Waals surface area contributed by atoms with Gasteiger partial charge in [0.1, 0.15) is 11.5 Å². The first-order valence-electron chi connectivity index (χ1n) is 10.8. The molecule has 10 heteroatoms. The van der Waals surface area contributed by atoms with E-state index in [4.69, 9.17) is 9.47 Å². The summed E-state index contributed by atoms with van der Waals surface area (Å²) in [6.07, 6.45) is 7.04. The molecule has 0 unspecified atom stereocenters. The fourth-order valence-corrected chi connectivity index (χ4v) is 5.14. The van der Waals surface area contributed by atoms with E-state index in [0.717, 1.165) is 54.8 Å². The Balaban J connectivity index is 0.00000259. The molecule has 3 aromatic rings. The number of nitrogens with zero attached hydrogens (tertiary/aromatic N) is 3. The van der Waals surface area contributed by atoms with E-state index in [1.54, 1.807) is 31.1 Å². The highest BCUT2D eigenvalue weighted by molar-refractivity contribution is 7.99. The third-order valence-corrected chi connectivity index (χ3v) is 7.11. The summed E-state index contributed by atoms with van der Waals surface area (Å²) < 4.78 is 27.2. The maximum absolute atomic E-state index is 14.5. The van der Waals surface area contributed by atoms with Crippen LogP contribution in [0.15, 0.2) is 40.3 Å². The minimum absolute atomic E-state index is 0. The molecule has 0 radical (unpaired) electrons. The van der Waals surface area contributed by atoms with Gasteiger partial charge in [-0.05, 0) is 43.7 Å². The number of ether oxygens (including phenoxy) is 2. The number of fused-ring (bicyclic) bond motifs is 2. The fourth-order valence-electron chi connectivity index (χ4n) is 4.35. The maximum Gasteiger partial charge on any atom is 0.250 e. The maximum atomic E-state index is 14.5. The van der Waals surface area contributed by atoms with Gasteiger partial charge in [-0.15, -0.1) is 12.4 Å². The molecule has 7 nitrogen and oxygen atoms in total. The third-order valence-electron chi connectivity index (χ3n) is 6.24. The molecule has 0 atom stereocenters. The lowest BCUT2D eigenvalue weighted by Gasteiger charge is -2.29. The zero-order valence-corrected chi connectivity index (χ0v) is 19.9. The average Bonchev–Trinajstić information content (AvgIpc) is 3.28. The second-order valence-corrected chi connectivity index (χ2v) is 9.30. The molecule has 33 heavy (non-hydrogen) atoms. The first-order chi connectivity index (χ1) is 15.6. The predicted octanol–water partition coefficient (Wildman–Crippen LogP) is 4.06. The predicted molar refractivity (Wildman–Crippen MR) is 128 cm³/mol. The van der Waals surface area contributed by atoms with Gasteiger partial charge in [0.25, 0.3) is 5.56 Å². The van der Waals surface area contributed by atoms with E-state index in [0.29, 0.717) is 35.5 Å². The van der Waals surface area contributed by atoms with Crippen LogP contribution >= 0.6 is 24.2 Å². The van der Waals surface area contributed by atoms with Crippen molar-refractivity contribution in [2.75, 3.05) is 12.5 Å². The summed E-state index contributed by atoms with van der Waals surface area (Å²) in [5.74, 6) is 1.45. The molecule has 3 aromatic heterocycles. The van der Waals surface area contributed by atoms with E-state index in [1.165, 1.54) is 10.6 Å². The molecule has 1 aliphatic heterocycles. The summed E-state index contributed by atoms with van der Waals surface area (Å²) >= 11 is 1.70. The van der Waals surface area contributed by atoms with Crippen molar-refractivity contribution in [3.05, 3.63) is 52.5 Å². The number of halogens is 2. The van der Waals surface area contributed by atoms with Gasteiger partial charge in [-0.1, -0.05) is 11.8 Å². The van der Waals surface area contributed by atoms with Crippen molar-refractivity contribution in [2.45, 2.75) is 43.2 Å². The third kappa shape index (κ3) is 5.10. The van der Waals surface area contributed by atoms with Crippen LogP contribution in [0.3, 0.4) is 0 Å². The van der Waals surface area contributed by atoms with Crippen molar-refractivity contribution in [1.82, 2.24) is 19.9 Å². The summed E-state index contributed by atoms with van der Waals surface area (Å²) in [6.45, 7) is 1.16. The van der Waals surface area contributed by atoms with Gasteiger partial charge >= 0.3 is 0 Å². The van der Waals surface area contributed by atoms with Gasteiger partial charge in [0.05, 0.1) is 35.1 Å². The molecule has 4 heterocycles. The van der Waals surface area contributed by atoms with E-state index < -0.39 is 5.82 Å². The van der Waals surface area contributed by atoms with Gasteiger partial charge in [0, 0.05) is 25.7 Å². The zero-order valence-electron chi connectivity index (χ0n) is 18.3. The van der Waals surface area contributed by atoms with E-state index >= 15 is 0 Å². The lowest BCUT2D eigenvalue weighted by atomic mass is 9.86. The van der Waals surface area contributed by atoms with E-state index in [9.17, 15) is 9.18 Å². The Morgan fingerprint density at radius 1 is 1.24 bits per heavy atom. The topological polar surface area (TPSA) is 78.3 Å². The first-order valence-corrected chi connectivity index (χ1v) is 11.8. The molecule has 1 saturated carbocycles. The van der Waals surface area contributed by atoms with E-state index in [1.807, 2.05) is 0 Å². The van der Waals surface area contributed by atoms with Crippen LogP contribution in [0.2, 0.25) is 0 Å². The Hall–Kier alpha value is -2.36. The molecule has 0 bridgehead atoms. The highest BCUT2D eigenvalue weighted by atomic mass is 35.5. The van der Waals surface area contributed by atoms with Crippen molar-refractivity contribution in [2.24, 2.45) is 13.0 Å². The number of thioether (sulfide) groups is 1. The quantitative estimate of drug-likeness (QED) is 0.556. The van der Waals surface area contributed by atoms with Crippen LogP contribution in [0.25, 0.3) is 11.0 Å². The summed E-state index contributed by atoms with van der Waals surface area (Å²) in [6, 6.07) is 5.56. The van der Waals surface area contributed by atoms with Crippen LogP contribution in [0, 0.1) is 11.7 Å². The van der Waals surface area contributed by atoms with Gasteiger partial charge in [-0.25, -0.2) is 4.39 Å². The van der Waals surface area contributed by atoms with Crippen LogP contribution in [0.5, 0.6) is 11.5 Å². The van der Waals surface area contributed by atoms with Crippen LogP contribution in [0.1, 0.15) is 31.4 Å². The lowest BCUT2D eigenvalue weighted by Crippen LogP contribution is -2.34. The van der Waals surface area contributed by atoms with E-state index in [-0.39, 0.29) is 23.7 Å². The summed E-state index contributed by atoms with van der Waals surface area (Å²) in [4.78, 5) is 21.7. The van der Waals surface area contributed by atoms with Crippen LogP contribution in [-0.2, 0) is 13.6 Å². The second kappa shape index (κ2) is 10.3. The Kier molecular flexibility index (Phi) is 7.41. The van der Waals surface area contributed by atoms with Gasteiger partial charge in [-0.3, -0.25) is 14.8 Å². The molecule has 2 aliphatic rings. The normalized spacial score (nSPS) is 19.6. The molecular formula is C23H26ClFN4O3S. The SMILES string of the molecule is Cl.Cn1c(=O)ccc2ncc(F)c(OCC3CCC(NCc4cc5c(cn4)OCS5)CC3)c21. The number of hydrogen-bond donors (Lipinski definition) is 1. The highest BCUT2D eigenvalue weighted by Crippen LogP contribution is 2.35. The number of rotatable bonds is 6. The van der Waals surface area contributed by atoms with Crippen molar-refractivity contribution in [1.29, 1.82) is 0 Å². The standard InChI is InChI=1S/C23H25FN4O3S.ClH/c1-28-21(29)7-6-18-22(28)23(17(24)10-27-18)30-12-14-2-4-15(5-3-14)25-9-16-8-20-19(11-26-16)31-13-32-20;/h6-8,10-11,14-15,25H,2-5,9,12-13H2,1H3;1H. The zero-order chi connectivity index (χ0) is 22.1. The van der Waals surface area contributed by atoms with Gasteiger partial charge < -0.3 is 19.4 Å².